The molecule has 8 nitrogen and oxygen atoms in total. The molecule has 2 heterocycles. The zero-order chi connectivity index (χ0) is 21.8. The average Bonchev–Trinajstić information content (AvgIpc) is 3.29. The summed E-state index contributed by atoms with van der Waals surface area (Å²) in [5.41, 5.74) is 5.03. The van der Waals surface area contributed by atoms with Crippen LogP contribution >= 0.6 is 0 Å². The van der Waals surface area contributed by atoms with Gasteiger partial charge in [-0.05, 0) is 46.7 Å². The van der Waals surface area contributed by atoms with Crippen LogP contribution in [0.3, 0.4) is 0 Å². The summed E-state index contributed by atoms with van der Waals surface area (Å²) < 4.78 is 1.68. The van der Waals surface area contributed by atoms with Gasteiger partial charge < -0.3 is 5.32 Å². The molecule has 0 spiro atoms. The van der Waals surface area contributed by atoms with Gasteiger partial charge in [-0.1, -0.05) is 43.7 Å². The van der Waals surface area contributed by atoms with Crippen molar-refractivity contribution in [3.8, 4) is 16.8 Å². The number of rotatable bonds is 6. The predicted octanol–water partition coefficient (Wildman–Crippen LogP) is 3.48. The van der Waals surface area contributed by atoms with Crippen molar-refractivity contribution >= 4 is 5.91 Å². The highest BCUT2D eigenvalue weighted by atomic mass is 16.1. The minimum absolute atomic E-state index is 0.131. The molecule has 0 bridgehead atoms. The standard InChI is InChI=1S/C23H23N7O/c1-15(2)22-27-28-29-30(22)21-11-18(17-6-4-16(3)5-7-17)10-19(12-21)23(31)26-14-20-13-24-8-9-25-20/h4-13,15H,14H2,1-3H3,(H,26,31). The van der Waals surface area contributed by atoms with E-state index in [1.54, 1.807) is 29.3 Å². The summed E-state index contributed by atoms with van der Waals surface area (Å²) in [6.07, 6.45) is 4.83. The minimum atomic E-state index is -0.208. The van der Waals surface area contributed by atoms with Crippen LogP contribution in [0.25, 0.3) is 16.8 Å². The fourth-order valence-corrected chi connectivity index (χ4v) is 3.21. The van der Waals surface area contributed by atoms with Crippen molar-refractivity contribution < 1.29 is 4.79 Å². The van der Waals surface area contributed by atoms with Crippen molar-refractivity contribution in [2.24, 2.45) is 0 Å². The van der Waals surface area contributed by atoms with E-state index in [4.69, 9.17) is 0 Å². The molecule has 0 aliphatic carbocycles. The van der Waals surface area contributed by atoms with Crippen LogP contribution in [-0.2, 0) is 6.54 Å². The SMILES string of the molecule is Cc1ccc(-c2cc(C(=O)NCc3cnccn3)cc(-n3nnnc3C(C)C)c2)cc1. The molecule has 0 saturated carbocycles. The molecule has 4 rings (SSSR count). The summed E-state index contributed by atoms with van der Waals surface area (Å²) in [7, 11) is 0. The Hall–Kier alpha value is -3.94. The molecule has 0 atom stereocenters. The van der Waals surface area contributed by atoms with E-state index in [1.165, 1.54) is 5.56 Å². The van der Waals surface area contributed by atoms with Crippen LogP contribution in [-0.4, -0.2) is 36.1 Å². The Morgan fingerprint density at radius 3 is 2.58 bits per heavy atom. The molecule has 31 heavy (non-hydrogen) atoms. The first-order valence-electron chi connectivity index (χ1n) is 10.0. The van der Waals surface area contributed by atoms with E-state index in [9.17, 15) is 4.79 Å². The Bertz CT molecular complexity index is 1180. The second-order valence-electron chi connectivity index (χ2n) is 7.62. The van der Waals surface area contributed by atoms with E-state index in [0.717, 1.165) is 22.6 Å². The van der Waals surface area contributed by atoms with Gasteiger partial charge >= 0.3 is 0 Å². The lowest BCUT2D eigenvalue weighted by molar-refractivity contribution is 0.0950. The van der Waals surface area contributed by atoms with Crippen LogP contribution in [0.15, 0.2) is 61.1 Å². The van der Waals surface area contributed by atoms with E-state index < -0.39 is 0 Å². The van der Waals surface area contributed by atoms with Crippen molar-refractivity contribution in [2.45, 2.75) is 33.2 Å². The first-order valence-corrected chi connectivity index (χ1v) is 10.0. The van der Waals surface area contributed by atoms with Crippen molar-refractivity contribution in [2.75, 3.05) is 0 Å². The fraction of sp³-hybridized carbons (Fsp3) is 0.217. The quantitative estimate of drug-likeness (QED) is 0.520. The zero-order valence-electron chi connectivity index (χ0n) is 17.6. The maximum Gasteiger partial charge on any atom is 0.251 e. The maximum absolute atomic E-state index is 13.0. The third kappa shape index (κ3) is 4.63. The van der Waals surface area contributed by atoms with Gasteiger partial charge in [0.1, 0.15) is 0 Å². The molecule has 0 aliphatic rings. The number of hydrogen-bond acceptors (Lipinski definition) is 6. The molecule has 4 aromatic rings. The predicted molar refractivity (Wildman–Crippen MR) is 117 cm³/mol. The summed E-state index contributed by atoms with van der Waals surface area (Å²) in [4.78, 5) is 21.2. The second kappa shape index (κ2) is 8.83. The molecular weight excluding hydrogens is 390 g/mol. The number of amides is 1. The van der Waals surface area contributed by atoms with Gasteiger partial charge in [-0.25, -0.2) is 0 Å². The maximum atomic E-state index is 13.0. The topological polar surface area (TPSA) is 98.5 Å². The van der Waals surface area contributed by atoms with Crippen LogP contribution in [0, 0.1) is 6.92 Å². The summed E-state index contributed by atoms with van der Waals surface area (Å²) in [6.45, 7) is 6.39. The lowest BCUT2D eigenvalue weighted by Crippen LogP contribution is -2.23. The monoisotopic (exact) mass is 413 g/mol. The van der Waals surface area contributed by atoms with Crippen LogP contribution in [0.5, 0.6) is 0 Å². The molecule has 0 fully saturated rings. The van der Waals surface area contributed by atoms with E-state index >= 15 is 0 Å². The van der Waals surface area contributed by atoms with Gasteiger partial charge in [0.2, 0.25) is 0 Å². The molecule has 1 amide bonds. The van der Waals surface area contributed by atoms with Gasteiger partial charge in [0.25, 0.3) is 5.91 Å². The van der Waals surface area contributed by atoms with Gasteiger partial charge in [-0.3, -0.25) is 14.8 Å². The summed E-state index contributed by atoms with van der Waals surface area (Å²) >= 11 is 0. The molecule has 2 aromatic heterocycles. The van der Waals surface area contributed by atoms with E-state index in [-0.39, 0.29) is 11.8 Å². The highest BCUT2D eigenvalue weighted by Crippen LogP contribution is 2.26. The normalized spacial score (nSPS) is 11.0. The van der Waals surface area contributed by atoms with Crippen LogP contribution in [0.2, 0.25) is 0 Å². The first kappa shape index (κ1) is 20.3. The first-order chi connectivity index (χ1) is 15.0. The van der Waals surface area contributed by atoms with E-state index in [1.807, 2.05) is 57.2 Å². The molecule has 0 radical (unpaired) electrons. The Morgan fingerprint density at radius 2 is 1.87 bits per heavy atom. The summed E-state index contributed by atoms with van der Waals surface area (Å²) in [6, 6.07) is 13.8. The smallest absolute Gasteiger partial charge is 0.251 e. The molecule has 0 saturated heterocycles. The van der Waals surface area contributed by atoms with Gasteiger partial charge in [0.05, 0.1) is 24.1 Å². The Labute approximate surface area is 180 Å². The summed E-state index contributed by atoms with van der Waals surface area (Å²) in [5, 5.41) is 15.0. The molecule has 0 aliphatic heterocycles. The number of nitrogens with zero attached hydrogens (tertiary/aromatic N) is 6. The van der Waals surface area contributed by atoms with Crippen molar-refractivity contribution in [1.82, 2.24) is 35.5 Å². The molecule has 0 unspecified atom stereocenters. The van der Waals surface area contributed by atoms with E-state index in [2.05, 4.69) is 30.8 Å². The lowest BCUT2D eigenvalue weighted by Gasteiger charge is -2.13. The van der Waals surface area contributed by atoms with Gasteiger partial charge in [0, 0.05) is 23.9 Å². The highest BCUT2D eigenvalue weighted by molar-refractivity contribution is 5.96. The molecule has 8 heteroatoms. The third-order valence-electron chi connectivity index (χ3n) is 4.87. The van der Waals surface area contributed by atoms with Crippen LogP contribution in [0.1, 0.15) is 47.2 Å². The van der Waals surface area contributed by atoms with Gasteiger partial charge in [0.15, 0.2) is 5.82 Å². The largest absolute Gasteiger partial charge is 0.346 e. The average molecular weight is 413 g/mol. The number of aromatic nitrogens is 6. The molecule has 2 aromatic carbocycles. The Morgan fingerprint density at radius 1 is 1.06 bits per heavy atom. The molecule has 156 valence electrons. The molecular formula is C23H23N7O. The molecule has 1 N–H and O–H groups in total. The number of carbonyl (C=O) groups is 1. The number of nitrogens with one attached hydrogen (secondary N) is 1. The number of benzene rings is 2. The van der Waals surface area contributed by atoms with Crippen molar-refractivity contribution in [1.29, 1.82) is 0 Å². The third-order valence-corrected chi connectivity index (χ3v) is 4.87. The van der Waals surface area contributed by atoms with Gasteiger partial charge in [-0.2, -0.15) is 4.68 Å². The zero-order valence-corrected chi connectivity index (χ0v) is 17.6. The lowest BCUT2D eigenvalue weighted by atomic mass is 10.0. The van der Waals surface area contributed by atoms with Crippen molar-refractivity contribution in [3.05, 3.63) is 83.7 Å². The second-order valence-corrected chi connectivity index (χ2v) is 7.62. The summed E-state index contributed by atoms with van der Waals surface area (Å²) in [5.74, 6) is 0.652. The highest BCUT2D eigenvalue weighted by Gasteiger charge is 2.16. The number of hydrogen-bond donors (Lipinski definition) is 1. The van der Waals surface area contributed by atoms with Crippen molar-refractivity contribution in [3.63, 3.8) is 0 Å². The van der Waals surface area contributed by atoms with E-state index in [0.29, 0.717) is 17.8 Å². The van der Waals surface area contributed by atoms with Crippen LogP contribution < -0.4 is 5.32 Å². The minimum Gasteiger partial charge on any atom is -0.346 e. The Kier molecular flexibility index (Phi) is 5.79. The Balaban J connectivity index is 1.73. The number of aryl methyl sites for hydroxylation is 1. The number of carbonyl (C=O) groups excluding carboxylic acids is 1. The fourth-order valence-electron chi connectivity index (χ4n) is 3.21. The van der Waals surface area contributed by atoms with Gasteiger partial charge in [-0.15, -0.1) is 5.10 Å². The van der Waals surface area contributed by atoms with Crippen LogP contribution in [0.4, 0.5) is 0 Å². The number of tetrazole rings is 1.